The van der Waals surface area contributed by atoms with Crippen LogP contribution in [0, 0.1) is 11.8 Å². The first-order valence-electron chi connectivity index (χ1n) is 16.9. The molecule has 3 aromatic rings. The van der Waals surface area contributed by atoms with Gasteiger partial charge < -0.3 is 31.5 Å². The Balaban J connectivity index is 1.85. The molecule has 0 radical (unpaired) electrons. The number of nitrogens with two attached hydrogens (primary N) is 1. The number of carbonyl (C=O) groups is 4. The third-order valence-electron chi connectivity index (χ3n) is 7.99. The zero-order valence-electron chi connectivity index (χ0n) is 29.2. The molecule has 0 bridgehead atoms. The van der Waals surface area contributed by atoms with Gasteiger partial charge in [0.2, 0.25) is 17.7 Å². The summed E-state index contributed by atoms with van der Waals surface area (Å²) in [6, 6.07) is 25.4. The molecule has 3 rings (SSSR count). The van der Waals surface area contributed by atoms with Gasteiger partial charge in [0.25, 0.3) is 0 Å². The Hall–Kier alpha value is -4.70. The lowest BCUT2D eigenvalue weighted by atomic mass is 9.85. The van der Waals surface area contributed by atoms with Crippen molar-refractivity contribution in [1.29, 1.82) is 0 Å². The number of nitrogens with one attached hydrogen (secondary N) is 3. The zero-order chi connectivity index (χ0) is 36.0. The molecule has 0 aliphatic carbocycles. The van der Waals surface area contributed by atoms with Gasteiger partial charge >= 0.3 is 6.09 Å². The number of alkyl carbamates (subject to hydrolysis) is 1. The van der Waals surface area contributed by atoms with E-state index >= 15 is 0 Å². The molecule has 10 heteroatoms. The first kappa shape index (κ1) is 38.7. The van der Waals surface area contributed by atoms with E-state index in [9.17, 15) is 24.3 Å². The molecule has 0 aliphatic heterocycles. The second-order valence-corrected chi connectivity index (χ2v) is 14.0. The maximum atomic E-state index is 14.0. The molecule has 0 saturated heterocycles. The van der Waals surface area contributed by atoms with Gasteiger partial charge in [-0.2, -0.15) is 0 Å². The molecule has 264 valence electrons. The summed E-state index contributed by atoms with van der Waals surface area (Å²) >= 11 is 0. The molecule has 3 aromatic carbocycles. The molecule has 2 unspecified atom stereocenters. The van der Waals surface area contributed by atoms with E-state index in [-0.39, 0.29) is 31.1 Å². The predicted molar refractivity (Wildman–Crippen MR) is 190 cm³/mol. The van der Waals surface area contributed by atoms with Crippen molar-refractivity contribution in [2.45, 2.75) is 96.6 Å². The first-order chi connectivity index (χ1) is 23.2. The molecule has 0 heterocycles. The van der Waals surface area contributed by atoms with E-state index in [1.54, 1.807) is 20.8 Å². The lowest BCUT2D eigenvalue weighted by Crippen LogP contribution is -2.57. The minimum absolute atomic E-state index is 0.0128. The molecular weight excluding hydrogens is 620 g/mol. The molecule has 0 saturated carbocycles. The van der Waals surface area contributed by atoms with E-state index in [4.69, 9.17) is 10.5 Å². The normalized spacial score (nSPS) is 14.0. The topological polar surface area (TPSA) is 160 Å². The number of primary amides is 1. The predicted octanol–water partition coefficient (Wildman–Crippen LogP) is 4.48. The van der Waals surface area contributed by atoms with Crippen LogP contribution < -0.4 is 21.7 Å². The molecule has 4 amide bonds. The van der Waals surface area contributed by atoms with Crippen LogP contribution in [0.1, 0.15) is 64.2 Å². The van der Waals surface area contributed by atoms with E-state index < -0.39 is 53.6 Å². The third kappa shape index (κ3) is 14.1. The fourth-order valence-electron chi connectivity index (χ4n) is 5.61. The molecule has 0 fully saturated rings. The second kappa shape index (κ2) is 18.7. The number of benzene rings is 3. The van der Waals surface area contributed by atoms with Gasteiger partial charge in [0.1, 0.15) is 23.7 Å². The van der Waals surface area contributed by atoms with Gasteiger partial charge in [-0.1, -0.05) is 105 Å². The highest BCUT2D eigenvalue weighted by molar-refractivity contribution is 5.93. The van der Waals surface area contributed by atoms with E-state index in [1.807, 2.05) is 105 Å². The van der Waals surface area contributed by atoms with Gasteiger partial charge in [0.05, 0.1) is 6.10 Å². The summed E-state index contributed by atoms with van der Waals surface area (Å²) in [7, 11) is 0. The molecule has 0 spiro atoms. The minimum Gasteiger partial charge on any atom is -0.444 e. The van der Waals surface area contributed by atoms with Crippen LogP contribution in [-0.4, -0.2) is 58.8 Å². The van der Waals surface area contributed by atoms with Crippen LogP contribution in [0.3, 0.4) is 0 Å². The van der Waals surface area contributed by atoms with Crippen molar-refractivity contribution in [2.75, 3.05) is 0 Å². The zero-order valence-corrected chi connectivity index (χ0v) is 29.2. The SMILES string of the molecule is CC(C)C[C@H](NC(=O)C(CC(O)C(Cc1ccccc1)Cc1ccccc1)NC(=O)OC(C)(C)C)C(=O)N[C@@H](Cc1ccccc1)C(N)=O. The van der Waals surface area contributed by atoms with Crippen LogP contribution >= 0.6 is 0 Å². The lowest BCUT2D eigenvalue weighted by molar-refractivity contribution is -0.132. The largest absolute Gasteiger partial charge is 0.444 e. The molecule has 10 nitrogen and oxygen atoms in total. The van der Waals surface area contributed by atoms with E-state index in [0.29, 0.717) is 12.8 Å². The quantitative estimate of drug-likeness (QED) is 0.142. The number of ether oxygens (including phenoxy) is 1. The average Bonchev–Trinajstić information content (AvgIpc) is 3.03. The highest BCUT2D eigenvalue weighted by atomic mass is 16.6. The van der Waals surface area contributed by atoms with Crippen molar-refractivity contribution in [1.82, 2.24) is 16.0 Å². The van der Waals surface area contributed by atoms with Crippen molar-refractivity contribution >= 4 is 23.8 Å². The van der Waals surface area contributed by atoms with E-state index in [0.717, 1.165) is 16.7 Å². The van der Waals surface area contributed by atoms with Crippen LogP contribution in [-0.2, 0) is 38.4 Å². The number of rotatable bonds is 17. The fraction of sp³-hybridized carbons (Fsp3) is 0.436. The van der Waals surface area contributed by atoms with Crippen molar-refractivity contribution in [2.24, 2.45) is 17.6 Å². The third-order valence-corrected chi connectivity index (χ3v) is 7.99. The summed E-state index contributed by atoms with van der Waals surface area (Å²) in [6.07, 6.45) is -0.483. The monoisotopic (exact) mass is 672 g/mol. The molecule has 0 aliphatic rings. The number of amides is 4. The number of aliphatic hydroxyl groups is 1. The Morgan fingerprint density at radius 3 is 1.47 bits per heavy atom. The van der Waals surface area contributed by atoms with Crippen LogP contribution in [0.15, 0.2) is 91.0 Å². The average molecular weight is 673 g/mol. The Bertz CT molecular complexity index is 1440. The summed E-state index contributed by atoms with van der Waals surface area (Å²) in [5, 5.41) is 19.8. The van der Waals surface area contributed by atoms with Crippen molar-refractivity contribution in [3.8, 4) is 0 Å². The van der Waals surface area contributed by atoms with Gasteiger partial charge in [0, 0.05) is 12.8 Å². The maximum absolute atomic E-state index is 14.0. The molecule has 6 N–H and O–H groups in total. The van der Waals surface area contributed by atoms with E-state index in [1.165, 1.54) is 0 Å². The van der Waals surface area contributed by atoms with Crippen LogP contribution in [0.25, 0.3) is 0 Å². The Morgan fingerprint density at radius 2 is 1.06 bits per heavy atom. The first-order valence-corrected chi connectivity index (χ1v) is 16.9. The fourth-order valence-corrected chi connectivity index (χ4v) is 5.61. The highest BCUT2D eigenvalue weighted by Gasteiger charge is 2.33. The lowest BCUT2D eigenvalue weighted by Gasteiger charge is -2.30. The Kier molecular flexibility index (Phi) is 14.8. The summed E-state index contributed by atoms with van der Waals surface area (Å²) in [5.74, 6) is -2.26. The number of aliphatic hydroxyl groups excluding tert-OH is 1. The molecule has 0 aromatic heterocycles. The van der Waals surface area contributed by atoms with Crippen LogP contribution in [0.2, 0.25) is 0 Å². The smallest absolute Gasteiger partial charge is 0.408 e. The standard InChI is InChI=1S/C39H52N4O6/c1-26(2)21-32(36(46)41-31(35(40)45)24-29-19-13-8-14-20-29)42-37(47)33(43-38(48)49-39(3,4)5)25-34(44)30(22-27-15-9-6-10-16-27)23-28-17-11-7-12-18-28/h6-20,26,30-34,44H,21-25H2,1-5H3,(H2,40,45)(H,41,46)(H,42,47)(H,43,48)/t31-,32-,33?,34?/m0/s1. The maximum Gasteiger partial charge on any atom is 0.408 e. The van der Waals surface area contributed by atoms with Crippen molar-refractivity contribution in [3.63, 3.8) is 0 Å². The summed E-state index contributed by atoms with van der Waals surface area (Å²) in [6.45, 7) is 8.93. The Labute approximate surface area is 290 Å². The Morgan fingerprint density at radius 1 is 0.653 bits per heavy atom. The summed E-state index contributed by atoms with van der Waals surface area (Å²) in [5.41, 5.74) is 7.68. The minimum atomic E-state index is -1.24. The van der Waals surface area contributed by atoms with Gasteiger partial charge in [-0.15, -0.1) is 0 Å². The number of hydrogen-bond acceptors (Lipinski definition) is 6. The van der Waals surface area contributed by atoms with Crippen LogP contribution in [0.4, 0.5) is 4.79 Å². The number of carbonyl (C=O) groups excluding carboxylic acids is 4. The summed E-state index contributed by atoms with van der Waals surface area (Å²) < 4.78 is 5.46. The van der Waals surface area contributed by atoms with Crippen LogP contribution in [0.5, 0.6) is 0 Å². The van der Waals surface area contributed by atoms with Gasteiger partial charge in [-0.05, 0) is 68.6 Å². The molecule has 49 heavy (non-hydrogen) atoms. The van der Waals surface area contributed by atoms with Gasteiger partial charge in [0.15, 0.2) is 0 Å². The van der Waals surface area contributed by atoms with Gasteiger partial charge in [-0.25, -0.2) is 4.79 Å². The van der Waals surface area contributed by atoms with Crippen molar-refractivity contribution in [3.05, 3.63) is 108 Å². The van der Waals surface area contributed by atoms with Gasteiger partial charge in [-0.3, -0.25) is 14.4 Å². The second-order valence-electron chi connectivity index (χ2n) is 14.0. The highest BCUT2D eigenvalue weighted by Crippen LogP contribution is 2.22. The van der Waals surface area contributed by atoms with Crippen molar-refractivity contribution < 1.29 is 29.0 Å². The number of hydrogen-bond donors (Lipinski definition) is 5. The van der Waals surface area contributed by atoms with E-state index in [2.05, 4.69) is 16.0 Å². The molecule has 4 atom stereocenters. The summed E-state index contributed by atoms with van der Waals surface area (Å²) in [4.78, 5) is 52.9. The molecular formula is C39H52N4O6.